The van der Waals surface area contributed by atoms with Crippen molar-refractivity contribution in [2.45, 2.75) is 39.8 Å². The van der Waals surface area contributed by atoms with E-state index in [1.54, 1.807) is 33.3 Å². The second-order valence-electron chi connectivity index (χ2n) is 6.63. The van der Waals surface area contributed by atoms with E-state index in [1.807, 2.05) is 38.1 Å². The summed E-state index contributed by atoms with van der Waals surface area (Å²) in [5.74, 6) is 0.411. The van der Waals surface area contributed by atoms with Crippen molar-refractivity contribution in [3.05, 3.63) is 58.7 Å². The number of carbonyl (C=O) groups excluding carboxylic acids is 2. The lowest BCUT2D eigenvalue weighted by Crippen LogP contribution is -2.35. The molecule has 0 aliphatic carbocycles. The summed E-state index contributed by atoms with van der Waals surface area (Å²) in [7, 11) is 3.12. The van der Waals surface area contributed by atoms with Gasteiger partial charge in [-0.1, -0.05) is 24.3 Å². The molecule has 0 bridgehead atoms. The highest BCUT2D eigenvalue weighted by atomic mass is 16.5. The molecular weight excluding hydrogens is 358 g/mol. The molecule has 0 aromatic heterocycles. The SMILES string of the molecule is COc1ccc(CNC(=O)[C@@H](C)OC(=O)Cc2ccc(C)c(C)c2)cc1OC. The third kappa shape index (κ3) is 5.74. The Bertz CT molecular complexity index is 847. The van der Waals surface area contributed by atoms with E-state index in [2.05, 4.69) is 5.32 Å². The first-order chi connectivity index (χ1) is 13.3. The van der Waals surface area contributed by atoms with E-state index in [-0.39, 0.29) is 18.9 Å². The van der Waals surface area contributed by atoms with Crippen LogP contribution in [0.5, 0.6) is 11.5 Å². The molecule has 0 saturated heterocycles. The summed E-state index contributed by atoms with van der Waals surface area (Å²) >= 11 is 0. The van der Waals surface area contributed by atoms with Gasteiger partial charge in [-0.2, -0.15) is 0 Å². The average Bonchev–Trinajstić information content (AvgIpc) is 2.68. The number of nitrogens with one attached hydrogen (secondary N) is 1. The highest BCUT2D eigenvalue weighted by molar-refractivity contribution is 5.83. The highest BCUT2D eigenvalue weighted by Gasteiger charge is 2.18. The Kier molecular flexibility index (Phi) is 7.44. The molecule has 150 valence electrons. The van der Waals surface area contributed by atoms with Gasteiger partial charge in [0.1, 0.15) is 0 Å². The first kappa shape index (κ1) is 21.3. The van der Waals surface area contributed by atoms with Crippen LogP contribution in [0.25, 0.3) is 0 Å². The Morgan fingerprint density at radius 3 is 2.25 bits per heavy atom. The van der Waals surface area contributed by atoms with Gasteiger partial charge in [-0.15, -0.1) is 0 Å². The largest absolute Gasteiger partial charge is 0.493 e. The summed E-state index contributed by atoms with van der Waals surface area (Å²) in [6, 6.07) is 11.2. The first-order valence-corrected chi connectivity index (χ1v) is 9.08. The number of aryl methyl sites for hydroxylation is 2. The molecule has 1 atom stereocenters. The van der Waals surface area contributed by atoms with Crippen molar-refractivity contribution in [3.8, 4) is 11.5 Å². The van der Waals surface area contributed by atoms with Gasteiger partial charge < -0.3 is 19.5 Å². The third-order valence-corrected chi connectivity index (χ3v) is 4.51. The summed E-state index contributed by atoms with van der Waals surface area (Å²) in [5.41, 5.74) is 4.00. The van der Waals surface area contributed by atoms with Crippen LogP contribution < -0.4 is 14.8 Å². The van der Waals surface area contributed by atoms with E-state index in [0.717, 1.165) is 16.7 Å². The summed E-state index contributed by atoms with van der Waals surface area (Å²) in [6.45, 7) is 5.86. The highest BCUT2D eigenvalue weighted by Crippen LogP contribution is 2.27. The maximum Gasteiger partial charge on any atom is 0.311 e. The third-order valence-electron chi connectivity index (χ3n) is 4.51. The first-order valence-electron chi connectivity index (χ1n) is 9.08. The van der Waals surface area contributed by atoms with Gasteiger partial charge in [0.05, 0.1) is 20.6 Å². The second-order valence-corrected chi connectivity index (χ2v) is 6.63. The zero-order chi connectivity index (χ0) is 20.7. The lowest BCUT2D eigenvalue weighted by molar-refractivity contribution is -0.154. The van der Waals surface area contributed by atoms with Crippen LogP contribution in [0.3, 0.4) is 0 Å². The normalized spacial score (nSPS) is 11.5. The zero-order valence-electron chi connectivity index (χ0n) is 17.0. The van der Waals surface area contributed by atoms with E-state index in [4.69, 9.17) is 14.2 Å². The Morgan fingerprint density at radius 1 is 0.929 bits per heavy atom. The number of ether oxygens (including phenoxy) is 3. The number of amides is 1. The van der Waals surface area contributed by atoms with E-state index in [0.29, 0.717) is 11.5 Å². The van der Waals surface area contributed by atoms with Crippen molar-refractivity contribution in [2.75, 3.05) is 14.2 Å². The predicted molar refractivity (Wildman–Crippen MR) is 107 cm³/mol. The molecule has 1 N–H and O–H groups in total. The number of esters is 1. The van der Waals surface area contributed by atoms with Crippen LogP contribution in [-0.4, -0.2) is 32.2 Å². The lowest BCUT2D eigenvalue weighted by atomic mass is 10.0. The van der Waals surface area contributed by atoms with Gasteiger partial charge in [0.2, 0.25) is 0 Å². The fourth-order valence-corrected chi connectivity index (χ4v) is 2.70. The van der Waals surface area contributed by atoms with E-state index < -0.39 is 12.1 Å². The molecule has 2 rings (SSSR count). The monoisotopic (exact) mass is 385 g/mol. The molecule has 28 heavy (non-hydrogen) atoms. The molecule has 2 aromatic rings. The topological polar surface area (TPSA) is 73.9 Å². The van der Waals surface area contributed by atoms with Gasteiger partial charge >= 0.3 is 5.97 Å². The van der Waals surface area contributed by atoms with Crippen molar-refractivity contribution < 1.29 is 23.8 Å². The van der Waals surface area contributed by atoms with Gasteiger partial charge in [0.25, 0.3) is 5.91 Å². The maximum atomic E-state index is 12.2. The van der Waals surface area contributed by atoms with Gasteiger partial charge in [-0.3, -0.25) is 9.59 Å². The van der Waals surface area contributed by atoms with Crippen molar-refractivity contribution in [1.29, 1.82) is 0 Å². The fourth-order valence-electron chi connectivity index (χ4n) is 2.70. The standard InChI is InChI=1S/C22H27NO5/c1-14-6-7-17(10-15(14)2)12-21(24)28-16(3)22(25)23-13-18-8-9-19(26-4)20(11-18)27-5/h6-11,16H,12-13H2,1-5H3,(H,23,25)/t16-/m1/s1. The van der Waals surface area contributed by atoms with Crippen LogP contribution in [-0.2, 0) is 27.3 Å². The van der Waals surface area contributed by atoms with Gasteiger partial charge in [-0.05, 0) is 55.2 Å². The van der Waals surface area contributed by atoms with Crippen LogP contribution in [0.4, 0.5) is 0 Å². The molecule has 0 radical (unpaired) electrons. The summed E-state index contributed by atoms with van der Waals surface area (Å²) in [5, 5.41) is 2.76. The summed E-state index contributed by atoms with van der Waals surface area (Å²) in [6.07, 6.45) is -0.742. The van der Waals surface area contributed by atoms with Crippen molar-refractivity contribution >= 4 is 11.9 Å². The molecule has 6 nitrogen and oxygen atoms in total. The molecular formula is C22H27NO5. The number of carbonyl (C=O) groups is 2. The second kappa shape index (κ2) is 9.78. The fraction of sp³-hybridized carbons (Fsp3) is 0.364. The number of rotatable bonds is 8. The van der Waals surface area contributed by atoms with Crippen LogP contribution in [0.15, 0.2) is 36.4 Å². The Labute approximate surface area is 165 Å². The molecule has 0 unspecified atom stereocenters. The lowest BCUT2D eigenvalue weighted by Gasteiger charge is -2.15. The van der Waals surface area contributed by atoms with Gasteiger partial charge in [-0.25, -0.2) is 0 Å². The van der Waals surface area contributed by atoms with E-state index in [1.165, 1.54) is 5.56 Å². The minimum absolute atomic E-state index is 0.133. The molecule has 0 saturated carbocycles. The molecule has 2 aromatic carbocycles. The molecule has 6 heteroatoms. The molecule has 0 fully saturated rings. The predicted octanol–water partition coefficient (Wildman–Crippen LogP) is 3.11. The number of hydrogen-bond acceptors (Lipinski definition) is 5. The molecule has 0 heterocycles. The van der Waals surface area contributed by atoms with Crippen LogP contribution in [0.2, 0.25) is 0 Å². The molecule has 1 amide bonds. The van der Waals surface area contributed by atoms with Crippen LogP contribution >= 0.6 is 0 Å². The average molecular weight is 385 g/mol. The van der Waals surface area contributed by atoms with Gasteiger partial charge in [0, 0.05) is 6.54 Å². The van der Waals surface area contributed by atoms with E-state index >= 15 is 0 Å². The number of methoxy groups -OCH3 is 2. The summed E-state index contributed by atoms with van der Waals surface area (Å²) in [4.78, 5) is 24.4. The Hall–Kier alpha value is -3.02. The Balaban J connectivity index is 1.86. The van der Waals surface area contributed by atoms with Crippen LogP contribution in [0.1, 0.15) is 29.2 Å². The Morgan fingerprint density at radius 2 is 1.61 bits per heavy atom. The minimum Gasteiger partial charge on any atom is -0.493 e. The van der Waals surface area contributed by atoms with Crippen molar-refractivity contribution in [2.24, 2.45) is 0 Å². The number of hydrogen-bond donors (Lipinski definition) is 1. The summed E-state index contributed by atoms with van der Waals surface area (Å²) < 4.78 is 15.7. The van der Waals surface area contributed by atoms with Crippen molar-refractivity contribution in [3.63, 3.8) is 0 Å². The number of benzene rings is 2. The van der Waals surface area contributed by atoms with Gasteiger partial charge in [0.15, 0.2) is 17.6 Å². The molecule has 0 spiro atoms. The minimum atomic E-state index is -0.876. The quantitative estimate of drug-likeness (QED) is 0.707. The zero-order valence-corrected chi connectivity index (χ0v) is 17.0. The van der Waals surface area contributed by atoms with Crippen molar-refractivity contribution in [1.82, 2.24) is 5.32 Å². The van der Waals surface area contributed by atoms with E-state index in [9.17, 15) is 9.59 Å². The molecule has 0 aliphatic rings. The molecule has 0 aliphatic heterocycles. The van der Waals surface area contributed by atoms with Crippen LogP contribution in [0, 0.1) is 13.8 Å². The maximum absolute atomic E-state index is 12.2. The smallest absolute Gasteiger partial charge is 0.311 e.